The molecule has 80 valence electrons. The van der Waals surface area contributed by atoms with Crippen LogP contribution in [-0.2, 0) is 0 Å². The predicted molar refractivity (Wildman–Crippen MR) is 60.0 cm³/mol. The van der Waals surface area contributed by atoms with E-state index in [1.54, 1.807) is 0 Å². The molecule has 0 bridgehead atoms. The maximum absolute atomic E-state index is 3.46. The van der Waals surface area contributed by atoms with E-state index < -0.39 is 0 Å². The van der Waals surface area contributed by atoms with Crippen molar-refractivity contribution in [2.24, 2.45) is 11.8 Å². The topological polar surface area (TPSA) is 24.1 Å². The molecule has 2 N–H and O–H groups in total. The Morgan fingerprint density at radius 1 is 0.923 bits per heavy atom. The zero-order valence-corrected chi connectivity index (χ0v) is 9.69. The van der Waals surface area contributed by atoms with Gasteiger partial charge in [0.2, 0.25) is 0 Å². The molecule has 0 aliphatic carbocycles. The lowest BCUT2D eigenvalue weighted by Gasteiger charge is -2.16. The van der Waals surface area contributed by atoms with E-state index >= 15 is 0 Å². The van der Waals surface area contributed by atoms with Gasteiger partial charge in [0.15, 0.2) is 0 Å². The third-order valence-corrected chi connectivity index (χ3v) is 2.51. The Labute approximate surface area is 83.5 Å². The highest BCUT2D eigenvalue weighted by Gasteiger charge is 2.04. The molecular formula is C11H26N2. The van der Waals surface area contributed by atoms with E-state index in [4.69, 9.17) is 0 Å². The van der Waals surface area contributed by atoms with Gasteiger partial charge in [-0.15, -0.1) is 0 Å². The lowest BCUT2D eigenvalue weighted by molar-refractivity contribution is 0.392. The Hall–Kier alpha value is -0.0800. The minimum atomic E-state index is 0.783. The summed E-state index contributed by atoms with van der Waals surface area (Å²) in [4.78, 5) is 0. The molecule has 1 unspecified atom stereocenters. The Bertz CT molecular complexity index is 102. The molecule has 0 saturated heterocycles. The lowest BCUT2D eigenvalue weighted by atomic mass is 9.98. The van der Waals surface area contributed by atoms with Crippen LogP contribution in [0.2, 0.25) is 0 Å². The standard InChI is InChI=1S/C11H26N2/c1-5-6-12-7-8-13-9-11(4)10(2)3/h10-13H,5-9H2,1-4H3. The van der Waals surface area contributed by atoms with Crippen molar-refractivity contribution in [3.05, 3.63) is 0 Å². The molecule has 0 saturated carbocycles. The van der Waals surface area contributed by atoms with Crippen LogP contribution in [0.3, 0.4) is 0 Å². The minimum Gasteiger partial charge on any atom is -0.315 e. The third-order valence-electron chi connectivity index (χ3n) is 2.51. The fourth-order valence-corrected chi connectivity index (χ4v) is 1.04. The zero-order chi connectivity index (χ0) is 10.1. The Morgan fingerprint density at radius 2 is 1.54 bits per heavy atom. The van der Waals surface area contributed by atoms with Gasteiger partial charge in [0.25, 0.3) is 0 Å². The second-order valence-corrected chi connectivity index (χ2v) is 4.18. The molecule has 13 heavy (non-hydrogen) atoms. The number of rotatable bonds is 8. The quantitative estimate of drug-likeness (QED) is 0.566. The van der Waals surface area contributed by atoms with Gasteiger partial charge in [-0.3, -0.25) is 0 Å². The van der Waals surface area contributed by atoms with Gasteiger partial charge >= 0.3 is 0 Å². The van der Waals surface area contributed by atoms with Crippen LogP contribution in [-0.4, -0.2) is 26.2 Å². The van der Waals surface area contributed by atoms with Crippen LogP contribution in [0, 0.1) is 11.8 Å². The molecule has 0 aliphatic heterocycles. The fourth-order valence-electron chi connectivity index (χ4n) is 1.04. The third kappa shape index (κ3) is 8.26. The molecule has 0 rings (SSSR count). The van der Waals surface area contributed by atoms with Crippen LogP contribution >= 0.6 is 0 Å². The summed E-state index contributed by atoms with van der Waals surface area (Å²) in [6, 6.07) is 0. The first kappa shape index (κ1) is 12.9. The van der Waals surface area contributed by atoms with Crippen molar-refractivity contribution in [1.82, 2.24) is 10.6 Å². The van der Waals surface area contributed by atoms with Gasteiger partial charge in [-0.2, -0.15) is 0 Å². The van der Waals surface area contributed by atoms with E-state index in [0.29, 0.717) is 0 Å². The summed E-state index contributed by atoms with van der Waals surface area (Å²) in [5, 5.41) is 6.84. The maximum atomic E-state index is 3.46. The minimum absolute atomic E-state index is 0.783. The second kappa shape index (κ2) is 8.52. The highest BCUT2D eigenvalue weighted by atomic mass is 14.9. The molecule has 0 amide bonds. The van der Waals surface area contributed by atoms with E-state index in [1.165, 1.54) is 6.42 Å². The second-order valence-electron chi connectivity index (χ2n) is 4.18. The normalized spacial score (nSPS) is 13.6. The van der Waals surface area contributed by atoms with E-state index in [-0.39, 0.29) is 0 Å². The lowest BCUT2D eigenvalue weighted by Crippen LogP contribution is -2.31. The highest BCUT2D eigenvalue weighted by molar-refractivity contribution is 4.61. The molecule has 0 heterocycles. The number of hydrogen-bond acceptors (Lipinski definition) is 2. The highest BCUT2D eigenvalue weighted by Crippen LogP contribution is 2.06. The fraction of sp³-hybridized carbons (Fsp3) is 1.00. The van der Waals surface area contributed by atoms with Crippen LogP contribution in [0.5, 0.6) is 0 Å². The van der Waals surface area contributed by atoms with Crippen molar-refractivity contribution in [2.75, 3.05) is 26.2 Å². The number of hydrogen-bond donors (Lipinski definition) is 2. The summed E-state index contributed by atoms with van der Waals surface area (Å²) in [6.45, 7) is 13.5. The summed E-state index contributed by atoms with van der Waals surface area (Å²) in [5.41, 5.74) is 0. The summed E-state index contributed by atoms with van der Waals surface area (Å²) in [6.07, 6.45) is 1.22. The SMILES string of the molecule is CCCNCCNCC(C)C(C)C. The van der Waals surface area contributed by atoms with Gasteiger partial charge in [0.1, 0.15) is 0 Å². The van der Waals surface area contributed by atoms with E-state index in [9.17, 15) is 0 Å². The van der Waals surface area contributed by atoms with Crippen molar-refractivity contribution in [3.8, 4) is 0 Å². The smallest absolute Gasteiger partial charge is 0.00768 e. The zero-order valence-electron chi connectivity index (χ0n) is 9.69. The van der Waals surface area contributed by atoms with Crippen LogP contribution in [0.1, 0.15) is 34.1 Å². The van der Waals surface area contributed by atoms with Gasteiger partial charge in [0, 0.05) is 13.1 Å². The molecule has 0 aromatic rings. The molecule has 2 nitrogen and oxygen atoms in total. The van der Waals surface area contributed by atoms with Crippen molar-refractivity contribution in [1.29, 1.82) is 0 Å². The molecule has 2 heteroatoms. The van der Waals surface area contributed by atoms with Crippen molar-refractivity contribution in [2.45, 2.75) is 34.1 Å². The monoisotopic (exact) mass is 186 g/mol. The van der Waals surface area contributed by atoms with Gasteiger partial charge in [-0.1, -0.05) is 27.7 Å². The van der Waals surface area contributed by atoms with Gasteiger partial charge in [-0.05, 0) is 31.3 Å². The van der Waals surface area contributed by atoms with E-state index in [2.05, 4.69) is 38.3 Å². The predicted octanol–water partition coefficient (Wildman–Crippen LogP) is 1.87. The largest absolute Gasteiger partial charge is 0.315 e. The van der Waals surface area contributed by atoms with Crippen LogP contribution in [0.25, 0.3) is 0 Å². The molecule has 0 radical (unpaired) electrons. The van der Waals surface area contributed by atoms with Crippen LogP contribution in [0.4, 0.5) is 0 Å². The Balaban J connectivity index is 3.07. The first-order valence-electron chi connectivity index (χ1n) is 5.59. The van der Waals surface area contributed by atoms with Crippen molar-refractivity contribution in [3.63, 3.8) is 0 Å². The van der Waals surface area contributed by atoms with Crippen LogP contribution < -0.4 is 10.6 Å². The number of nitrogens with one attached hydrogen (secondary N) is 2. The van der Waals surface area contributed by atoms with Gasteiger partial charge in [-0.25, -0.2) is 0 Å². The summed E-state index contributed by atoms with van der Waals surface area (Å²) >= 11 is 0. The van der Waals surface area contributed by atoms with Crippen molar-refractivity contribution >= 4 is 0 Å². The van der Waals surface area contributed by atoms with Crippen LogP contribution in [0.15, 0.2) is 0 Å². The average molecular weight is 186 g/mol. The molecular weight excluding hydrogens is 160 g/mol. The molecule has 0 aromatic heterocycles. The molecule has 1 atom stereocenters. The summed E-state index contributed by atoms with van der Waals surface area (Å²) in [7, 11) is 0. The van der Waals surface area contributed by atoms with Crippen molar-refractivity contribution < 1.29 is 0 Å². The molecule has 0 spiro atoms. The molecule has 0 aliphatic rings. The average Bonchev–Trinajstić information content (AvgIpc) is 2.10. The van der Waals surface area contributed by atoms with E-state index in [1.807, 2.05) is 0 Å². The summed E-state index contributed by atoms with van der Waals surface area (Å²) in [5.74, 6) is 1.57. The Morgan fingerprint density at radius 3 is 2.08 bits per heavy atom. The van der Waals surface area contributed by atoms with Gasteiger partial charge < -0.3 is 10.6 Å². The molecule has 0 fully saturated rings. The summed E-state index contributed by atoms with van der Waals surface area (Å²) < 4.78 is 0. The molecule has 0 aromatic carbocycles. The Kier molecular flexibility index (Phi) is 8.46. The van der Waals surface area contributed by atoms with E-state index in [0.717, 1.165) is 38.0 Å². The van der Waals surface area contributed by atoms with Gasteiger partial charge in [0.05, 0.1) is 0 Å². The first-order chi connectivity index (χ1) is 6.18. The maximum Gasteiger partial charge on any atom is 0.00768 e. The first-order valence-corrected chi connectivity index (χ1v) is 5.59.